The number of ether oxygens (including phenoxy) is 2. The second-order valence-corrected chi connectivity index (χ2v) is 6.24. The molecule has 0 N–H and O–H groups in total. The number of hydrogen-bond donors (Lipinski definition) is 0. The van der Waals surface area contributed by atoms with E-state index < -0.39 is 5.54 Å². The number of aliphatic imine (C=N–C) groups is 1. The smallest absolute Gasteiger partial charge is 0.235 e. The lowest BCUT2D eigenvalue weighted by Crippen LogP contribution is -2.15. The maximum atomic E-state index is 10.7. The molecule has 2 rings (SSSR count). The van der Waals surface area contributed by atoms with Crippen molar-refractivity contribution >= 4 is 6.08 Å². The monoisotopic (exact) mass is 275 g/mol. The van der Waals surface area contributed by atoms with Gasteiger partial charge < -0.3 is 9.47 Å². The summed E-state index contributed by atoms with van der Waals surface area (Å²) in [6.45, 7) is 6.42. The SMILES string of the molecule is COc1cc(C(C)(C)C)cc(C2(N=C=O)CC2)c1OC. The molecule has 1 aliphatic rings. The molecule has 0 aliphatic heterocycles. The van der Waals surface area contributed by atoms with Gasteiger partial charge in [0.25, 0.3) is 0 Å². The van der Waals surface area contributed by atoms with Gasteiger partial charge in [0.2, 0.25) is 6.08 Å². The minimum absolute atomic E-state index is 0.0186. The number of methoxy groups -OCH3 is 2. The molecular formula is C16H21NO3. The van der Waals surface area contributed by atoms with Crippen LogP contribution in [-0.4, -0.2) is 20.3 Å². The van der Waals surface area contributed by atoms with E-state index in [1.807, 2.05) is 6.07 Å². The van der Waals surface area contributed by atoms with Gasteiger partial charge in [-0.15, -0.1) is 0 Å². The van der Waals surface area contributed by atoms with Crippen molar-refractivity contribution in [3.63, 3.8) is 0 Å². The first kappa shape index (κ1) is 14.6. The van der Waals surface area contributed by atoms with E-state index in [1.54, 1.807) is 20.3 Å². The van der Waals surface area contributed by atoms with E-state index in [0.29, 0.717) is 11.5 Å². The summed E-state index contributed by atoms with van der Waals surface area (Å²) in [5.74, 6) is 1.35. The van der Waals surface area contributed by atoms with E-state index >= 15 is 0 Å². The zero-order valence-corrected chi connectivity index (χ0v) is 12.7. The van der Waals surface area contributed by atoms with Crippen molar-refractivity contribution in [2.24, 2.45) is 4.99 Å². The molecule has 20 heavy (non-hydrogen) atoms. The number of isocyanates is 1. The first-order chi connectivity index (χ1) is 9.38. The van der Waals surface area contributed by atoms with E-state index in [4.69, 9.17) is 9.47 Å². The van der Waals surface area contributed by atoms with Gasteiger partial charge in [0, 0.05) is 5.56 Å². The standard InChI is InChI=1S/C16H21NO3/c1-15(2,3)11-8-12(16(6-7-16)17-10-18)14(20-5)13(9-11)19-4/h8-9H,6-7H2,1-5H3. The van der Waals surface area contributed by atoms with Gasteiger partial charge >= 0.3 is 0 Å². The number of benzene rings is 1. The van der Waals surface area contributed by atoms with Crippen LogP contribution in [0, 0.1) is 0 Å². The number of carbonyl (C=O) groups excluding carboxylic acids is 1. The van der Waals surface area contributed by atoms with Crippen molar-refractivity contribution in [2.75, 3.05) is 14.2 Å². The Kier molecular flexibility index (Phi) is 3.61. The minimum atomic E-state index is -0.471. The lowest BCUT2D eigenvalue weighted by Gasteiger charge is -2.24. The van der Waals surface area contributed by atoms with Crippen molar-refractivity contribution < 1.29 is 14.3 Å². The molecule has 4 heteroatoms. The maximum Gasteiger partial charge on any atom is 0.235 e. The van der Waals surface area contributed by atoms with Gasteiger partial charge in [-0.25, -0.2) is 4.79 Å². The van der Waals surface area contributed by atoms with Crippen molar-refractivity contribution in [1.82, 2.24) is 0 Å². The third kappa shape index (κ3) is 2.44. The predicted molar refractivity (Wildman–Crippen MR) is 77.3 cm³/mol. The summed E-state index contributed by atoms with van der Waals surface area (Å²) in [6.07, 6.45) is 3.38. The van der Waals surface area contributed by atoms with Gasteiger partial charge in [0.05, 0.1) is 14.2 Å². The van der Waals surface area contributed by atoms with Crippen LogP contribution >= 0.6 is 0 Å². The topological polar surface area (TPSA) is 47.9 Å². The summed E-state index contributed by atoms with van der Waals surface area (Å²) in [6, 6.07) is 4.07. The Morgan fingerprint density at radius 3 is 2.25 bits per heavy atom. The molecule has 0 saturated heterocycles. The van der Waals surface area contributed by atoms with Crippen LogP contribution in [0.3, 0.4) is 0 Å². The van der Waals surface area contributed by atoms with Crippen molar-refractivity contribution in [1.29, 1.82) is 0 Å². The third-order valence-electron chi connectivity index (χ3n) is 3.83. The Hall–Kier alpha value is -1.80. The van der Waals surface area contributed by atoms with E-state index in [9.17, 15) is 4.79 Å². The summed E-state index contributed by atoms with van der Waals surface area (Å²) >= 11 is 0. The molecule has 1 saturated carbocycles. The number of rotatable bonds is 4. The van der Waals surface area contributed by atoms with Crippen molar-refractivity contribution in [2.45, 2.75) is 44.6 Å². The molecule has 108 valence electrons. The van der Waals surface area contributed by atoms with E-state index in [-0.39, 0.29) is 5.41 Å². The van der Waals surface area contributed by atoms with Gasteiger partial charge in [-0.05, 0) is 36.0 Å². The second kappa shape index (κ2) is 4.95. The first-order valence-corrected chi connectivity index (χ1v) is 6.74. The van der Waals surface area contributed by atoms with Crippen LogP contribution in [0.25, 0.3) is 0 Å². The molecule has 0 heterocycles. The average Bonchev–Trinajstić information content (AvgIpc) is 3.17. The second-order valence-electron chi connectivity index (χ2n) is 6.24. The highest BCUT2D eigenvalue weighted by Crippen LogP contribution is 2.55. The maximum absolute atomic E-state index is 10.7. The molecule has 0 atom stereocenters. The van der Waals surface area contributed by atoms with Gasteiger partial charge in [-0.2, -0.15) is 4.99 Å². The molecule has 0 radical (unpaired) electrons. The molecule has 0 aromatic heterocycles. The molecule has 4 nitrogen and oxygen atoms in total. The molecule has 1 aliphatic carbocycles. The fourth-order valence-corrected chi connectivity index (χ4v) is 2.39. The van der Waals surface area contributed by atoms with Crippen LogP contribution in [0.2, 0.25) is 0 Å². The normalized spacial score (nSPS) is 16.2. The summed E-state index contributed by atoms with van der Waals surface area (Å²) in [4.78, 5) is 14.7. The summed E-state index contributed by atoms with van der Waals surface area (Å²) in [5, 5.41) is 0. The van der Waals surface area contributed by atoms with Gasteiger partial charge in [0.15, 0.2) is 11.5 Å². The first-order valence-electron chi connectivity index (χ1n) is 6.74. The molecule has 0 amide bonds. The molecule has 1 aromatic carbocycles. The fourth-order valence-electron chi connectivity index (χ4n) is 2.39. The van der Waals surface area contributed by atoms with Gasteiger partial charge in [0.1, 0.15) is 5.54 Å². The fraction of sp³-hybridized carbons (Fsp3) is 0.562. The van der Waals surface area contributed by atoms with Crippen LogP contribution in [0.4, 0.5) is 0 Å². The highest BCUT2D eigenvalue weighted by atomic mass is 16.5. The van der Waals surface area contributed by atoms with Gasteiger partial charge in [-0.3, -0.25) is 0 Å². The van der Waals surface area contributed by atoms with Crippen molar-refractivity contribution in [3.05, 3.63) is 23.3 Å². The zero-order chi connectivity index (χ0) is 15.0. The summed E-state index contributed by atoms with van der Waals surface area (Å²) in [5.41, 5.74) is 1.57. The molecule has 1 fully saturated rings. The number of nitrogens with zero attached hydrogens (tertiary/aromatic N) is 1. The van der Waals surface area contributed by atoms with E-state index in [2.05, 4.69) is 31.8 Å². The quantitative estimate of drug-likeness (QED) is 0.625. The lowest BCUT2D eigenvalue weighted by molar-refractivity contribution is 0.347. The number of hydrogen-bond acceptors (Lipinski definition) is 4. The van der Waals surface area contributed by atoms with E-state index in [0.717, 1.165) is 24.0 Å². The molecular weight excluding hydrogens is 254 g/mol. The molecule has 0 spiro atoms. The molecule has 0 unspecified atom stereocenters. The molecule has 1 aromatic rings. The highest BCUT2D eigenvalue weighted by molar-refractivity contribution is 5.56. The summed E-state index contributed by atoms with van der Waals surface area (Å²) in [7, 11) is 3.23. The van der Waals surface area contributed by atoms with Gasteiger partial charge in [-0.1, -0.05) is 20.8 Å². The average molecular weight is 275 g/mol. The Balaban J connectivity index is 2.68. The van der Waals surface area contributed by atoms with E-state index in [1.165, 1.54) is 0 Å². The highest BCUT2D eigenvalue weighted by Gasteiger charge is 2.48. The van der Waals surface area contributed by atoms with Crippen LogP contribution in [-0.2, 0) is 15.7 Å². The Labute approximate surface area is 119 Å². The predicted octanol–water partition coefficient (Wildman–Crippen LogP) is 3.33. The Bertz CT molecular complexity index is 562. The minimum Gasteiger partial charge on any atom is -0.493 e. The zero-order valence-electron chi connectivity index (χ0n) is 12.7. The lowest BCUT2D eigenvalue weighted by atomic mass is 9.84. The Morgan fingerprint density at radius 2 is 1.85 bits per heavy atom. The third-order valence-corrected chi connectivity index (χ3v) is 3.83. The van der Waals surface area contributed by atoms with Crippen LogP contribution in [0.5, 0.6) is 11.5 Å². The van der Waals surface area contributed by atoms with Crippen LogP contribution < -0.4 is 9.47 Å². The van der Waals surface area contributed by atoms with Crippen LogP contribution in [0.15, 0.2) is 17.1 Å². The summed E-state index contributed by atoms with van der Waals surface area (Å²) < 4.78 is 10.9. The Morgan fingerprint density at radius 1 is 1.20 bits per heavy atom. The van der Waals surface area contributed by atoms with Crippen LogP contribution in [0.1, 0.15) is 44.7 Å². The largest absolute Gasteiger partial charge is 0.493 e. The van der Waals surface area contributed by atoms with Crippen molar-refractivity contribution in [3.8, 4) is 11.5 Å². The molecule has 0 bridgehead atoms.